The number of hydrogen-bond acceptors (Lipinski definition) is 4. The number of aliphatic imine (C=N–C) groups is 1. The quantitative estimate of drug-likeness (QED) is 0.406. The standard InChI is InChI=1S/C7H8N4/c8-11-7-3-5-4-9-2-1-6(5)10-7/h1-2,4H,3,8H2,(H,10,11). The van der Waals surface area contributed by atoms with Crippen molar-refractivity contribution in [3.8, 4) is 0 Å². The molecule has 2 heterocycles. The van der Waals surface area contributed by atoms with Gasteiger partial charge in [-0.05, 0) is 6.07 Å². The molecule has 0 bridgehead atoms. The molecule has 1 aromatic heterocycles. The van der Waals surface area contributed by atoms with E-state index in [0.29, 0.717) is 0 Å². The lowest BCUT2D eigenvalue weighted by atomic mass is 10.2. The van der Waals surface area contributed by atoms with Crippen molar-refractivity contribution in [1.82, 2.24) is 10.4 Å². The third kappa shape index (κ3) is 0.969. The summed E-state index contributed by atoms with van der Waals surface area (Å²) in [4.78, 5) is 8.19. The topological polar surface area (TPSA) is 63.3 Å². The third-order valence-electron chi connectivity index (χ3n) is 1.66. The Balaban J connectivity index is 2.39. The minimum atomic E-state index is 0.764. The van der Waals surface area contributed by atoms with E-state index in [9.17, 15) is 0 Å². The van der Waals surface area contributed by atoms with Crippen molar-refractivity contribution in [1.29, 1.82) is 0 Å². The van der Waals surface area contributed by atoms with Crippen LogP contribution < -0.4 is 11.3 Å². The van der Waals surface area contributed by atoms with Crippen LogP contribution in [0.3, 0.4) is 0 Å². The van der Waals surface area contributed by atoms with E-state index in [2.05, 4.69) is 15.4 Å². The van der Waals surface area contributed by atoms with Gasteiger partial charge in [0.15, 0.2) is 0 Å². The molecule has 0 saturated heterocycles. The van der Waals surface area contributed by atoms with Crippen molar-refractivity contribution in [2.24, 2.45) is 10.8 Å². The summed E-state index contributed by atoms with van der Waals surface area (Å²) in [5, 5.41) is 0. The predicted molar refractivity (Wildman–Crippen MR) is 42.4 cm³/mol. The second kappa shape index (κ2) is 2.32. The monoisotopic (exact) mass is 148 g/mol. The van der Waals surface area contributed by atoms with Crippen LogP contribution in [0.1, 0.15) is 5.56 Å². The lowest BCUT2D eigenvalue weighted by Crippen LogP contribution is -2.29. The Labute approximate surface area is 64.1 Å². The number of hydrazine groups is 1. The van der Waals surface area contributed by atoms with Crippen molar-refractivity contribution in [2.45, 2.75) is 6.42 Å². The van der Waals surface area contributed by atoms with Crippen LogP contribution in [0.25, 0.3) is 0 Å². The number of rotatable bonds is 0. The number of amidine groups is 1. The fraction of sp³-hybridized carbons (Fsp3) is 0.143. The van der Waals surface area contributed by atoms with Crippen LogP contribution in [-0.4, -0.2) is 10.8 Å². The van der Waals surface area contributed by atoms with E-state index in [1.165, 1.54) is 0 Å². The van der Waals surface area contributed by atoms with Gasteiger partial charge in [0.2, 0.25) is 0 Å². The SMILES string of the molecule is NNC1=Nc2ccncc2C1. The fourth-order valence-corrected chi connectivity index (χ4v) is 1.11. The van der Waals surface area contributed by atoms with E-state index >= 15 is 0 Å². The van der Waals surface area contributed by atoms with Gasteiger partial charge < -0.3 is 5.43 Å². The Morgan fingerprint density at radius 2 is 2.45 bits per heavy atom. The van der Waals surface area contributed by atoms with Gasteiger partial charge in [-0.15, -0.1) is 0 Å². The maximum atomic E-state index is 5.21. The molecule has 4 heteroatoms. The van der Waals surface area contributed by atoms with Gasteiger partial charge in [0, 0.05) is 24.4 Å². The second-order valence-corrected chi connectivity index (χ2v) is 2.38. The van der Waals surface area contributed by atoms with Crippen molar-refractivity contribution in [3.05, 3.63) is 24.0 Å². The van der Waals surface area contributed by atoms with Gasteiger partial charge in [0.1, 0.15) is 5.84 Å². The Hall–Kier alpha value is -1.42. The molecule has 4 nitrogen and oxygen atoms in total. The van der Waals surface area contributed by atoms with E-state index in [0.717, 1.165) is 23.5 Å². The minimum Gasteiger partial charge on any atom is -0.312 e. The van der Waals surface area contributed by atoms with E-state index in [-0.39, 0.29) is 0 Å². The Bertz CT molecular complexity index is 305. The number of aromatic nitrogens is 1. The molecule has 0 spiro atoms. The first-order valence-electron chi connectivity index (χ1n) is 3.37. The van der Waals surface area contributed by atoms with Gasteiger partial charge in [-0.1, -0.05) is 0 Å². The van der Waals surface area contributed by atoms with Gasteiger partial charge >= 0.3 is 0 Å². The number of fused-ring (bicyclic) bond motifs is 1. The summed E-state index contributed by atoms with van der Waals surface area (Å²) in [5.74, 6) is 6.01. The Morgan fingerprint density at radius 3 is 3.18 bits per heavy atom. The lowest BCUT2D eigenvalue weighted by Gasteiger charge is -1.93. The highest BCUT2D eigenvalue weighted by atomic mass is 15.3. The zero-order valence-corrected chi connectivity index (χ0v) is 5.91. The lowest BCUT2D eigenvalue weighted by molar-refractivity contribution is 1.00. The largest absolute Gasteiger partial charge is 0.312 e. The van der Waals surface area contributed by atoms with Crippen molar-refractivity contribution >= 4 is 11.5 Å². The maximum Gasteiger partial charge on any atom is 0.121 e. The van der Waals surface area contributed by atoms with E-state index in [4.69, 9.17) is 5.84 Å². The molecule has 0 amide bonds. The molecule has 3 N–H and O–H groups in total. The van der Waals surface area contributed by atoms with Gasteiger partial charge in [0.05, 0.1) is 5.69 Å². The molecule has 1 aromatic rings. The van der Waals surface area contributed by atoms with Crippen molar-refractivity contribution in [2.75, 3.05) is 0 Å². The molecule has 0 atom stereocenters. The van der Waals surface area contributed by atoms with Crippen molar-refractivity contribution < 1.29 is 0 Å². The Morgan fingerprint density at radius 1 is 1.55 bits per heavy atom. The molecule has 0 radical (unpaired) electrons. The van der Waals surface area contributed by atoms with Crippen LogP contribution in [0.4, 0.5) is 5.69 Å². The molecular formula is C7H8N4. The molecule has 0 unspecified atom stereocenters. The summed E-state index contributed by atoms with van der Waals surface area (Å²) in [7, 11) is 0. The number of nitrogens with two attached hydrogens (primary N) is 1. The van der Waals surface area contributed by atoms with Crippen LogP contribution in [0.15, 0.2) is 23.5 Å². The molecule has 1 aliphatic rings. The van der Waals surface area contributed by atoms with Gasteiger partial charge in [-0.25, -0.2) is 10.8 Å². The fourth-order valence-electron chi connectivity index (χ4n) is 1.11. The molecule has 56 valence electrons. The number of hydrogen-bond donors (Lipinski definition) is 2. The van der Waals surface area contributed by atoms with E-state index < -0.39 is 0 Å². The van der Waals surface area contributed by atoms with Crippen LogP contribution in [0.2, 0.25) is 0 Å². The maximum absolute atomic E-state index is 5.21. The normalized spacial score (nSPS) is 14.1. The van der Waals surface area contributed by atoms with Crippen LogP contribution in [-0.2, 0) is 6.42 Å². The zero-order valence-electron chi connectivity index (χ0n) is 5.91. The average Bonchev–Trinajstić information content (AvgIpc) is 2.46. The first-order valence-corrected chi connectivity index (χ1v) is 3.37. The molecule has 0 aromatic carbocycles. The highest BCUT2D eigenvalue weighted by Gasteiger charge is 2.12. The number of nitrogens with one attached hydrogen (secondary N) is 1. The highest BCUT2D eigenvalue weighted by molar-refractivity contribution is 5.91. The summed E-state index contributed by atoms with van der Waals surface area (Å²) < 4.78 is 0. The zero-order chi connectivity index (χ0) is 7.68. The smallest absolute Gasteiger partial charge is 0.121 e. The van der Waals surface area contributed by atoms with Crippen LogP contribution in [0, 0.1) is 0 Å². The van der Waals surface area contributed by atoms with Gasteiger partial charge in [0.25, 0.3) is 0 Å². The predicted octanol–water partition coefficient (Wildman–Crippen LogP) is 0.131. The number of pyridine rings is 1. The van der Waals surface area contributed by atoms with E-state index in [1.807, 2.05) is 12.3 Å². The second-order valence-electron chi connectivity index (χ2n) is 2.38. The molecular weight excluding hydrogens is 140 g/mol. The molecule has 1 aliphatic heterocycles. The van der Waals surface area contributed by atoms with Crippen LogP contribution in [0.5, 0.6) is 0 Å². The highest BCUT2D eigenvalue weighted by Crippen LogP contribution is 2.23. The molecule has 0 fully saturated rings. The summed E-state index contributed by atoms with van der Waals surface area (Å²) in [6.45, 7) is 0. The summed E-state index contributed by atoms with van der Waals surface area (Å²) in [6.07, 6.45) is 4.30. The first-order chi connectivity index (χ1) is 5.40. The summed E-state index contributed by atoms with van der Waals surface area (Å²) >= 11 is 0. The molecule has 0 aliphatic carbocycles. The van der Waals surface area contributed by atoms with Gasteiger partial charge in [-0.3, -0.25) is 4.98 Å². The molecule has 11 heavy (non-hydrogen) atoms. The summed E-state index contributed by atoms with van der Waals surface area (Å²) in [6, 6.07) is 1.87. The van der Waals surface area contributed by atoms with Crippen molar-refractivity contribution in [3.63, 3.8) is 0 Å². The summed E-state index contributed by atoms with van der Waals surface area (Å²) in [5.41, 5.74) is 4.62. The van der Waals surface area contributed by atoms with Crippen LogP contribution >= 0.6 is 0 Å². The molecule has 2 rings (SSSR count). The Kier molecular flexibility index (Phi) is 1.33. The minimum absolute atomic E-state index is 0.764. The third-order valence-corrected chi connectivity index (χ3v) is 1.66. The average molecular weight is 148 g/mol. The number of nitrogens with zero attached hydrogens (tertiary/aromatic N) is 2. The molecule has 0 saturated carbocycles. The van der Waals surface area contributed by atoms with E-state index in [1.54, 1.807) is 6.20 Å². The van der Waals surface area contributed by atoms with Gasteiger partial charge in [-0.2, -0.15) is 0 Å². The first kappa shape index (κ1) is 6.30.